The van der Waals surface area contributed by atoms with Gasteiger partial charge in [0.25, 0.3) is 5.91 Å². The van der Waals surface area contributed by atoms with Crippen LogP contribution in [-0.4, -0.2) is 47.6 Å². The minimum atomic E-state index is -0.864. The third-order valence-corrected chi connectivity index (χ3v) is 5.00. The van der Waals surface area contributed by atoms with Gasteiger partial charge in [0.15, 0.2) is 6.10 Å². The molecule has 2 amide bonds. The molecule has 0 bridgehead atoms. The van der Waals surface area contributed by atoms with E-state index in [1.54, 1.807) is 36.1 Å². The van der Waals surface area contributed by atoms with Gasteiger partial charge >= 0.3 is 5.97 Å². The molecular weight excluding hydrogens is 346 g/mol. The highest BCUT2D eigenvalue weighted by Gasteiger charge is 2.31. The number of amides is 2. The van der Waals surface area contributed by atoms with Gasteiger partial charge < -0.3 is 9.64 Å². The second kappa shape index (κ2) is 8.33. The largest absolute Gasteiger partial charge is 0.448 e. The maximum Gasteiger partial charge on any atom is 0.355 e. The molecule has 0 spiro atoms. The molecule has 0 N–H and O–H groups in total. The summed E-state index contributed by atoms with van der Waals surface area (Å²) in [6, 6.07) is 8.93. The Morgan fingerprint density at radius 3 is 2.48 bits per heavy atom. The van der Waals surface area contributed by atoms with Gasteiger partial charge in [-0.3, -0.25) is 9.59 Å². The molecule has 2 heterocycles. The summed E-state index contributed by atoms with van der Waals surface area (Å²) in [6.07, 6.45) is 1.45. The second-order valence-electron chi connectivity index (χ2n) is 7.14. The topological polar surface area (TPSA) is 79.3 Å². The lowest BCUT2D eigenvalue weighted by atomic mass is 9.99. The number of hydrazone groups is 1. The summed E-state index contributed by atoms with van der Waals surface area (Å²) in [7, 11) is 0. The Morgan fingerprint density at radius 2 is 1.81 bits per heavy atom. The number of anilines is 1. The quantitative estimate of drug-likeness (QED) is 0.761. The number of piperidine rings is 1. The van der Waals surface area contributed by atoms with Gasteiger partial charge in [0, 0.05) is 25.9 Å². The Balaban J connectivity index is 1.64. The molecule has 0 aliphatic carbocycles. The van der Waals surface area contributed by atoms with Gasteiger partial charge in [-0.1, -0.05) is 25.1 Å². The van der Waals surface area contributed by atoms with Crippen LogP contribution in [0.25, 0.3) is 0 Å². The number of para-hydroxylation sites is 1. The predicted octanol–water partition coefficient (Wildman–Crippen LogP) is 2.36. The minimum Gasteiger partial charge on any atom is -0.448 e. The summed E-state index contributed by atoms with van der Waals surface area (Å²) < 4.78 is 5.35. The molecule has 2 aliphatic rings. The monoisotopic (exact) mass is 371 g/mol. The van der Waals surface area contributed by atoms with Gasteiger partial charge in [-0.15, -0.1) is 0 Å². The van der Waals surface area contributed by atoms with Crippen molar-refractivity contribution in [2.45, 2.75) is 45.6 Å². The Morgan fingerprint density at radius 1 is 1.15 bits per heavy atom. The molecule has 0 saturated carbocycles. The van der Waals surface area contributed by atoms with Crippen LogP contribution < -0.4 is 5.01 Å². The summed E-state index contributed by atoms with van der Waals surface area (Å²) in [5.41, 5.74) is 0.754. The number of hydrogen-bond donors (Lipinski definition) is 0. The van der Waals surface area contributed by atoms with E-state index in [-0.39, 0.29) is 30.4 Å². The van der Waals surface area contributed by atoms with Gasteiger partial charge in [0.2, 0.25) is 5.91 Å². The van der Waals surface area contributed by atoms with E-state index >= 15 is 0 Å². The number of esters is 1. The zero-order valence-electron chi connectivity index (χ0n) is 15.8. The molecule has 0 radical (unpaired) electrons. The van der Waals surface area contributed by atoms with Crippen LogP contribution >= 0.6 is 0 Å². The van der Waals surface area contributed by atoms with Crippen molar-refractivity contribution in [3.05, 3.63) is 30.3 Å². The van der Waals surface area contributed by atoms with Crippen LogP contribution in [0.3, 0.4) is 0 Å². The summed E-state index contributed by atoms with van der Waals surface area (Å²) in [4.78, 5) is 38.9. The number of ether oxygens (including phenoxy) is 1. The number of benzene rings is 1. The van der Waals surface area contributed by atoms with Gasteiger partial charge in [-0.25, -0.2) is 9.80 Å². The first-order valence-corrected chi connectivity index (χ1v) is 9.41. The van der Waals surface area contributed by atoms with E-state index < -0.39 is 12.1 Å². The average molecular weight is 371 g/mol. The molecule has 7 heteroatoms. The van der Waals surface area contributed by atoms with Crippen molar-refractivity contribution in [2.75, 3.05) is 18.1 Å². The van der Waals surface area contributed by atoms with Crippen LogP contribution in [0.15, 0.2) is 35.4 Å². The smallest absolute Gasteiger partial charge is 0.355 e. The third-order valence-electron chi connectivity index (χ3n) is 5.00. The molecule has 1 unspecified atom stereocenters. The normalized spacial score (nSPS) is 19.5. The lowest BCUT2D eigenvalue weighted by Gasteiger charge is -2.32. The molecule has 0 aromatic heterocycles. The van der Waals surface area contributed by atoms with Crippen molar-refractivity contribution in [3.8, 4) is 0 Å². The molecule has 1 saturated heterocycles. The Hall–Kier alpha value is -2.70. The molecule has 2 aliphatic heterocycles. The Kier molecular flexibility index (Phi) is 5.88. The average Bonchev–Trinajstić information content (AvgIpc) is 2.69. The summed E-state index contributed by atoms with van der Waals surface area (Å²) in [6.45, 7) is 5.15. The Labute approximate surface area is 159 Å². The fourth-order valence-electron chi connectivity index (χ4n) is 3.24. The van der Waals surface area contributed by atoms with Crippen molar-refractivity contribution in [3.63, 3.8) is 0 Å². The molecule has 1 fully saturated rings. The molecule has 27 heavy (non-hydrogen) atoms. The molecule has 1 atom stereocenters. The first-order chi connectivity index (χ1) is 13.0. The summed E-state index contributed by atoms with van der Waals surface area (Å²) in [5.74, 6) is -0.383. The highest BCUT2D eigenvalue weighted by Crippen LogP contribution is 2.21. The fraction of sp³-hybridized carbons (Fsp3) is 0.500. The van der Waals surface area contributed by atoms with Crippen LogP contribution in [0.5, 0.6) is 0 Å². The van der Waals surface area contributed by atoms with Crippen molar-refractivity contribution in [2.24, 2.45) is 11.0 Å². The minimum absolute atomic E-state index is 0.158. The van der Waals surface area contributed by atoms with E-state index in [0.29, 0.717) is 24.7 Å². The number of carbonyl (C=O) groups is 3. The van der Waals surface area contributed by atoms with Crippen molar-refractivity contribution in [1.82, 2.24) is 4.90 Å². The van der Waals surface area contributed by atoms with Crippen LogP contribution in [0.2, 0.25) is 0 Å². The number of carbonyl (C=O) groups excluding carboxylic acids is 3. The van der Waals surface area contributed by atoms with E-state index in [0.717, 1.165) is 12.8 Å². The number of hydrogen-bond acceptors (Lipinski definition) is 5. The first kappa shape index (κ1) is 19.1. The van der Waals surface area contributed by atoms with Gasteiger partial charge in [-0.05, 0) is 37.8 Å². The molecular formula is C20H25N3O4. The zero-order chi connectivity index (χ0) is 19.4. The molecule has 1 aromatic rings. The molecule has 1 aromatic carbocycles. The van der Waals surface area contributed by atoms with Crippen LogP contribution in [0.1, 0.15) is 39.5 Å². The predicted molar refractivity (Wildman–Crippen MR) is 101 cm³/mol. The molecule has 7 nitrogen and oxygen atoms in total. The van der Waals surface area contributed by atoms with Crippen molar-refractivity contribution < 1.29 is 19.1 Å². The zero-order valence-corrected chi connectivity index (χ0v) is 15.8. The van der Waals surface area contributed by atoms with E-state index in [9.17, 15) is 14.4 Å². The van der Waals surface area contributed by atoms with E-state index in [2.05, 4.69) is 12.0 Å². The first-order valence-electron chi connectivity index (χ1n) is 9.41. The Bertz CT molecular complexity index is 739. The van der Waals surface area contributed by atoms with Crippen molar-refractivity contribution in [1.29, 1.82) is 0 Å². The van der Waals surface area contributed by atoms with Crippen LogP contribution in [0, 0.1) is 5.92 Å². The standard InChI is InChI=1S/C20H25N3O4/c1-14-10-12-22(13-11-14)19(25)15(2)27-20(26)17-8-9-18(24)23(21-17)16-6-4-3-5-7-16/h3-7,14-15H,8-13H2,1-2H3. The van der Waals surface area contributed by atoms with Crippen LogP contribution in [0.4, 0.5) is 5.69 Å². The second-order valence-corrected chi connectivity index (χ2v) is 7.14. The van der Waals surface area contributed by atoms with Gasteiger partial charge in [-0.2, -0.15) is 5.10 Å². The number of nitrogens with zero attached hydrogens (tertiary/aromatic N) is 3. The molecule has 3 rings (SSSR count). The SMILES string of the molecule is CC1CCN(C(=O)C(C)OC(=O)C2=NN(c3ccccc3)C(=O)CC2)CC1. The number of likely N-dealkylation sites (tertiary alicyclic amines) is 1. The highest BCUT2D eigenvalue weighted by molar-refractivity contribution is 6.38. The lowest BCUT2D eigenvalue weighted by Crippen LogP contribution is -2.45. The maximum atomic E-state index is 12.5. The van der Waals surface area contributed by atoms with E-state index in [1.807, 2.05) is 6.07 Å². The van der Waals surface area contributed by atoms with Gasteiger partial charge in [0.1, 0.15) is 5.71 Å². The highest BCUT2D eigenvalue weighted by atomic mass is 16.5. The molecule has 144 valence electrons. The van der Waals surface area contributed by atoms with E-state index in [1.165, 1.54) is 5.01 Å². The summed E-state index contributed by atoms with van der Waals surface area (Å²) >= 11 is 0. The fourth-order valence-corrected chi connectivity index (χ4v) is 3.24. The van der Waals surface area contributed by atoms with E-state index in [4.69, 9.17) is 4.74 Å². The third kappa shape index (κ3) is 4.53. The van der Waals surface area contributed by atoms with Crippen molar-refractivity contribution >= 4 is 29.2 Å². The lowest BCUT2D eigenvalue weighted by molar-refractivity contribution is -0.154. The van der Waals surface area contributed by atoms with Gasteiger partial charge in [0.05, 0.1) is 5.69 Å². The maximum absolute atomic E-state index is 12.5. The van der Waals surface area contributed by atoms with Crippen LogP contribution in [-0.2, 0) is 19.1 Å². The summed E-state index contributed by atoms with van der Waals surface area (Å²) in [5, 5.41) is 5.39. The number of rotatable bonds is 4.